The third kappa shape index (κ3) is 2.76. The van der Waals surface area contributed by atoms with Crippen molar-refractivity contribution >= 4 is 34.7 Å². The van der Waals surface area contributed by atoms with E-state index in [-0.39, 0.29) is 11.7 Å². The molecule has 3 N–H and O–H groups in total. The van der Waals surface area contributed by atoms with E-state index in [4.69, 9.17) is 22.5 Å². The first-order valence-electron chi connectivity index (χ1n) is 6.47. The Labute approximate surface area is 127 Å². The summed E-state index contributed by atoms with van der Waals surface area (Å²) in [6.07, 6.45) is 3.11. The van der Waals surface area contributed by atoms with Gasteiger partial charge in [0.1, 0.15) is 5.41 Å². The summed E-state index contributed by atoms with van der Waals surface area (Å²) in [6.45, 7) is 0.483. The maximum atomic E-state index is 12.7. The summed E-state index contributed by atoms with van der Waals surface area (Å²) in [5.41, 5.74) is 4.94. The molecule has 0 aliphatic heterocycles. The zero-order valence-corrected chi connectivity index (χ0v) is 12.9. The zero-order chi connectivity index (χ0) is 14.8. The molecule has 0 radical (unpaired) electrons. The molecule has 1 aliphatic rings. The van der Waals surface area contributed by atoms with E-state index in [2.05, 4.69) is 5.16 Å². The summed E-state index contributed by atoms with van der Waals surface area (Å²) >= 11 is 7.34. The second-order valence-electron chi connectivity index (χ2n) is 5.14. The lowest BCUT2D eigenvalue weighted by Crippen LogP contribution is -2.48. The van der Waals surface area contributed by atoms with Gasteiger partial charge in [-0.05, 0) is 25.0 Å². The van der Waals surface area contributed by atoms with Gasteiger partial charge < -0.3 is 15.8 Å². The van der Waals surface area contributed by atoms with Crippen LogP contribution in [0, 0.1) is 5.41 Å². The minimum absolute atomic E-state index is 0.0241. The predicted octanol–water partition coefficient (Wildman–Crippen LogP) is 2.67. The molecular formula is C13H18ClN3O2S. The second-order valence-corrected chi connectivity index (χ2v) is 6.94. The lowest BCUT2D eigenvalue weighted by Gasteiger charge is -2.30. The number of nitrogens with two attached hydrogens (primary N) is 1. The number of nitrogens with zero attached hydrogens (tertiary/aromatic N) is 2. The van der Waals surface area contributed by atoms with Crippen LogP contribution in [-0.2, 0) is 11.3 Å². The average molecular weight is 316 g/mol. The molecule has 0 saturated heterocycles. The number of amides is 1. The molecule has 0 spiro atoms. The Morgan fingerprint density at radius 2 is 2.20 bits per heavy atom. The molecule has 1 saturated carbocycles. The summed E-state index contributed by atoms with van der Waals surface area (Å²) in [5, 5.41) is 12.0. The summed E-state index contributed by atoms with van der Waals surface area (Å²) in [5.74, 6) is -0.0640. The van der Waals surface area contributed by atoms with E-state index in [0.717, 1.165) is 17.7 Å². The van der Waals surface area contributed by atoms with Gasteiger partial charge in [-0.3, -0.25) is 4.79 Å². The van der Waals surface area contributed by atoms with Gasteiger partial charge in [0.2, 0.25) is 5.91 Å². The van der Waals surface area contributed by atoms with Crippen LogP contribution < -0.4 is 5.73 Å². The first-order valence-corrected chi connectivity index (χ1v) is 7.67. The highest BCUT2D eigenvalue weighted by Crippen LogP contribution is 2.40. The predicted molar refractivity (Wildman–Crippen MR) is 80.1 cm³/mol. The van der Waals surface area contributed by atoms with Crippen molar-refractivity contribution in [2.45, 2.75) is 32.2 Å². The van der Waals surface area contributed by atoms with E-state index in [1.54, 1.807) is 11.9 Å². The fourth-order valence-electron chi connectivity index (χ4n) is 2.76. The van der Waals surface area contributed by atoms with E-state index in [1.165, 1.54) is 11.3 Å². The van der Waals surface area contributed by atoms with Crippen LogP contribution >= 0.6 is 22.9 Å². The summed E-state index contributed by atoms with van der Waals surface area (Å²) in [4.78, 5) is 15.3. The monoisotopic (exact) mass is 315 g/mol. The minimum Gasteiger partial charge on any atom is -0.409 e. The van der Waals surface area contributed by atoms with Gasteiger partial charge in [0.15, 0.2) is 5.84 Å². The summed E-state index contributed by atoms with van der Waals surface area (Å²) in [7, 11) is 1.74. The van der Waals surface area contributed by atoms with Crippen LogP contribution in [-0.4, -0.2) is 28.9 Å². The van der Waals surface area contributed by atoms with Crippen LogP contribution in [0.5, 0.6) is 0 Å². The molecule has 1 aromatic rings. The molecule has 1 fully saturated rings. The number of hydrogen-bond acceptors (Lipinski definition) is 4. The summed E-state index contributed by atoms with van der Waals surface area (Å²) < 4.78 is 0.702. The standard InChI is InChI=1S/C13H18ClN3O2S/c1-17(8-9-4-5-10(14)20-9)12(18)13(11(15)16-19)6-2-3-7-13/h4-5,19H,2-3,6-8H2,1H3,(H2,15,16). The number of amidine groups is 1. The fraction of sp³-hybridized carbons (Fsp3) is 0.538. The molecule has 1 amide bonds. The van der Waals surface area contributed by atoms with Crippen LogP contribution in [0.15, 0.2) is 17.3 Å². The zero-order valence-electron chi connectivity index (χ0n) is 11.3. The topological polar surface area (TPSA) is 78.9 Å². The largest absolute Gasteiger partial charge is 0.409 e. The van der Waals surface area contributed by atoms with Crippen molar-refractivity contribution in [1.82, 2.24) is 4.90 Å². The Bertz CT molecular complexity index is 523. The highest BCUT2D eigenvalue weighted by atomic mass is 35.5. The van der Waals surface area contributed by atoms with E-state index in [1.807, 2.05) is 12.1 Å². The van der Waals surface area contributed by atoms with Crippen molar-refractivity contribution < 1.29 is 10.0 Å². The van der Waals surface area contributed by atoms with Gasteiger partial charge in [0.25, 0.3) is 0 Å². The molecule has 0 aromatic carbocycles. The van der Waals surface area contributed by atoms with Crippen LogP contribution in [0.4, 0.5) is 0 Å². The average Bonchev–Trinajstić information content (AvgIpc) is 3.07. The molecule has 0 unspecified atom stereocenters. The minimum atomic E-state index is -0.843. The summed E-state index contributed by atoms with van der Waals surface area (Å²) in [6, 6.07) is 3.72. The molecular weight excluding hydrogens is 298 g/mol. The Morgan fingerprint density at radius 1 is 1.55 bits per heavy atom. The van der Waals surface area contributed by atoms with Crippen LogP contribution in [0.25, 0.3) is 0 Å². The third-order valence-electron chi connectivity index (χ3n) is 3.83. The molecule has 2 rings (SSSR count). The number of carbonyl (C=O) groups excluding carboxylic acids is 1. The third-order valence-corrected chi connectivity index (χ3v) is 5.05. The molecule has 110 valence electrons. The lowest BCUT2D eigenvalue weighted by atomic mass is 9.83. The smallest absolute Gasteiger partial charge is 0.236 e. The number of oxime groups is 1. The molecule has 1 heterocycles. The Kier molecular flexibility index (Phi) is 4.55. The molecule has 20 heavy (non-hydrogen) atoms. The Balaban J connectivity index is 2.15. The molecule has 0 bridgehead atoms. The lowest BCUT2D eigenvalue weighted by molar-refractivity contribution is -0.137. The normalized spacial score (nSPS) is 18.2. The van der Waals surface area contributed by atoms with Crippen molar-refractivity contribution in [3.05, 3.63) is 21.3 Å². The van der Waals surface area contributed by atoms with Gasteiger partial charge in [0.05, 0.1) is 10.9 Å². The van der Waals surface area contributed by atoms with Crippen LogP contribution in [0.2, 0.25) is 4.34 Å². The first kappa shape index (κ1) is 15.1. The molecule has 5 nitrogen and oxygen atoms in total. The highest BCUT2D eigenvalue weighted by Gasteiger charge is 2.46. The van der Waals surface area contributed by atoms with E-state index in [0.29, 0.717) is 23.7 Å². The van der Waals surface area contributed by atoms with Crippen molar-refractivity contribution in [3.63, 3.8) is 0 Å². The number of hydrogen-bond donors (Lipinski definition) is 2. The Morgan fingerprint density at radius 3 is 2.70 bits per heavy atom. The number of rotatable bonds is 4. The second kappa shape index (κ2) is 6.01. The van der Waals surface area contributed by atoms with Crippen molar-refractivity contribution in [2.75, 3.05) is 7.05 Å². The molecule has 7 heteroatoms. The number of carbonyl (C=O) groups is 1. The van der Waals surface area contributed by atoms with Gasteiger partial charge in [-0.25, -0.2) is 0 Å². The molecule has 1 aromatic heterocycles. The maximum absolute atomic E-state index is 12.7. The van der Waals surface area contributed by atoms with Crippen molar-refractivity contribution in [1.29, 1.82) is 0 Å². The van der Waals surface area contributed by atoms with Gasteiger partial charge >= 0.3 is 0 Å². The van der Waals surface area contributed by atoms with Gasteiger partial charge in [0, 0.05) is 11.9 Å². The SMILES string of the molecule is CN(Cc1ccc(Cl)s1)C(=O)C1(C(N)=NO)CCCC1. The van der Waals surface area contributed by atoms with Crippen LogP contribution in [0.3, 0.4) is 0 Å². The van der Waals surface area contributed by atoms with E-state index in [9.17, 15) is 4.79 Å². The fourth-order valence-corrected chi connectivity index (χ4v) is 3.90. The number of halogens is 1. The van der Waals surface area contributed by atoms with Gasteiger partial charge in [-0.15, -0.1) is 11.3 Å². The maximum Gasteiger partial charge on any atom is 0.236 e. The van der Waals surface area contributed by atoms with Crippen molar-refractivity contribution in [3.8, 4) is 0 Å². The number of thiophene rings is 1. The molecule has 1 aliphatic carbocycles. The first-order chi connectivity index (χ1) is 9.49. The van der Waals surface area contributed by atoms with Crippen molar-refractivity contribution in [2.24, 2.45) is 16.3 Å². The van der Waals surface area contributed by atoms with E-state index >= 15 is 0 Å². The van der Waals surface area contributed by atoms with Gasteiger partial charge in [-0.2, -0.15) is 0 Å². The Hall–Kier alpha value is -1.27. The van der Waals surface area contributed by atoms with Crippen LogP contribution in [0.1, 0.15) is 30.6 Å². The highest BCUT2D eigenvalue weighted by molar-refractivity contribution is 7.16. The van der Waals surface area contributed by atoms with E-state index < -0.39 is 5.41 Å². The van der Waals surface area contributed by atoms with Gasteiger partial charge in [-0.1, -0.05) is 29.6 Å². The quantitative estimate of drug-likeness (QED) is 0.388. The molecule has 0 atom stereocenters.